The van der Waals surface area contributed by atoms with Crippen molar-refractivity contribution in [3.05, 3.63) is 35.3 Å². The lowest BCUT2D eigenvalue weighted by Crippen LogP contribution is -2.27. The van der Waals surface area contributed by atoms with Crippen LogP contribution < -0.4 is 5.32 Å². The van der Waals surface area contributed by atoms with Gasteiger partial charge in [-0.1, -0.05) is 0 Å². The minimum absolute atomic E-state index is 0. The van der Waals surface area contributed by atoms with Crippen LogP contribution in [0.15, 0.2) is 22.6 Å². The van der Waals surface area contributed by atoms with Crippen LogP contribution in [0.2, 0.25) is 0 Å². The zero-order chi connectivity index (χ0) is 13.6. The van der Waals surface area contributed by atoms with Crippen LogP contribution in [-0.2, 0) is 4.79 Å². The minimum atomic E-state index is -0.273. The van der Waals surface area contributed by atoms with Crippen LogP contribution in [0.5, 0.6) is 0 Å². The molecule has 1 fully saturated rings. The van der Waals surface area contributed by atoms with E-state index in [1.807, 2.05) is 6.92 Å². The number of nitrogens with one attached hydrogen (secondary N) is 1. The van der Waals surface area contributed by atoms with Crippen molar-refractivity contribution in [2.24, 2.45) is 5.92 Å². The molecule has 0 spiro atoms. The highest BCUT2D eigenvalue weighted by Crippen LogP contribution is 2.43. The lowest BCUT2D eigenvalue weighted by Gasteiger charge is -2.15. The summed E-state index contributed by atoms with van der Waals surface area (Å²) >= 11 is 0. The van der Waals surface area contributed by atoms with E-state index in [-0.39, 0.29) is 19.2 Å². The average Bonchev–Trinajstić information content (AvgIpc) is 3.13. The normalized spacial score (nSPS) is 16.6. The van der Waals surface area contributed by atoms with Gasteiger partial charge in [-0.15, -0.1) is 0 Å². The molecule has 1 aliphatic rings. The Balaban J connectivity index is 0.00000147. The van der Waals surface area contributed by atoms with E-state index >= 15 is 0 Å². The van der Waals surface area contributed by atoms with Crippen molar-refractivity contribution in [2.75, 3.05) is 0 Å². The summed E-state index contributed by atoms with van der Waals surface area (Å²) in [5, 5.41) is 3.73. The van der Waals surface area contributed by atoms with Gasteiger partial charge in [-0.05, 0) is 43.9 Å². The van der Waals surface area contributed by atoms with Gasteiger partial charge in [-0.3, -0.25) is 4.79 Å². The van der Waals surface area contributed by atoms with Crippen LogP contribution in [0.25, 0.3) is 11.0 Å². The smallest absolute Gasteiger partial charge is 0.217 e. The molecule has 3 nitrogen and oxygen atoms in total. The van der Waals surface area contributed by atoms with E-state index in [1.54, 1.807) is 6.07 Å². The van der Waals surface area contributed by atoms with Crippen LogP contribution in [0, 0.1) is 18.7 Å². The number of amides is 1. The molecule has 0 aliphatic heterocycles. The first kappa shape index (κ1) is 12.2. The molecule has 0 saturated heterocycles. The van der Waals surface area contributed by atoms with E-state index in [1.165, 1.54) is 19.1 Å². The van der Waals surface area contributed by atoms with Crippen molar-refractivity contribution < 1.29 is 15.0 Å². The molecule has 1 N–H and O–H groups in total. The number of benzene rings is 1. The highest BCUT2D eigenvalue weighted by atomic mass is 19.1. The molecule has 1 atom stereocenters. The molecule has 1 aliphatic carbocycles. The van der Waals surface area contributed by atoms with Crippen molar-refractivity contribution in [1.82, 2.24) is 5.32 Å². The molecule has 102 valence electrons. The second-order valence-electron chi connectivity index (χ2n) is 5.25. The minimum Gasteiger partial charge on any atom is -0.459 e. The van der Waals surface area contributed by atoms with E-state index < -0.39 is 0 Å². The van der Waals surface area contributed by atoms with Gasteiger partial charge in [0.1, 0.15) is 17.2 Å². The monoisotopic (exact) mass is 263 g/mol. The third-order valence-corrected chi connectivity index (χ3v) is 3.67. The molecule has 1 saturated carbocycles. The number of fused-ring (bicyclic) bond motifs is 1. The number of rotatable bonds is 3. The first-order chi connectivity index (χ1) is 9.06. The lowest BCUT2D eigenvalue weighted by atomic mass is 10.0. The van der Waals surface area contributed by atoms with Gasteiger partial charge in [0.05, 0.1) is 6.04 Å². The topological polar surface area (TPSA) is 42.2 Å². The van der Waals surface area contributed by atoms with Crippen LogP contribution in [0.1, 0.15) is 38.6 Å². The van der Waals surface area contributed by atoms with Crippen molar-refractivity contribution in [2.45, 2.75) is 32.7 Å². The second kappa shape index (κ2) is 4.37. The van der Waals surface area contributed by atoms with E-state index in [9.17, 15) is 9.18 Å². The number of carbonyl (C=O) groups excluding carboxylic acids is 1. The maximum Gasteiger partial charge on any atom is 0.217 e. The highest BCUT2D eigenvalue weighted by molar-refractivity contribution is 5.82. The number of aryl methyl sites for hydroxylation is 1. The lowest BCUT2D eigenvalue weighted by molar-refractivity contribution is -0.120. The molecule has 0 radical (unpaired) electrons. The summed E-state index contributed by atoms with van der Waals surface area (Å²) in [5.74, 6) is 0.861. The Morgan fingerprint density at radius 1 is 1.53 bits per heavy atom. The van der Waals surface area contributed by atoms with Gasteiger partial charge in [0.2, 0.25) is 5.91 Å². The maximum atomic E-state index is 13.3. The first-order valence-corrected chi connectivity index (χ1v) is 6.52. The standard InChI is InChI=1S/C15H16FNO2.H2/c1-8-12-7-11(16)5-6-13(12)19-15(8)14(10-3-4-10)17-9(2)18;/h5-7,10,14H,3-4H2,1-2H3,(H,17,18);1H/t14-;/m1./s1. The molecule has 1 amide bonds. The molecule has 4 heteroatoms. The highest BCUT2D eigenvalue weighted by Gasteiger charge is 2.36. The van der Waals surface area contributed by atoms with E-state index in [0.717, 1.165) is 29.6 Å². The summed E-state index contributed by atoms with van der Waals surface area (Å²) in [4.78, 5) is 11.3. The van der Waals surface area contributed by atoms with Crippen molar-refractivity contribution >= 4 is 16.9 Å². The summed E-state index contributed by atoms with van der Waals surface area (Å²) in [5.41, 5.74) is 1.59. The van der Waals surface area contributed by atoms with E-state index in [2.05, 4.69) is 5.32 Å². The van der Waals surface area contributed by atoms with Crippen molar-refractivity contribution in [3.63, 3.8) is 0 Å². The summed E-state index contributed by atoms with van der Waals surface area (Å²) in [7, 11) is 0. The van der Waals surface area contributed by atoms with Gasteiger partial charge < -0.3 is 9.73 Å². The van der Waals surface area contributed by atoms with Gasteiger partial charge in [0.15, 0.2) is 0 Å². The van der Waals surface area contributed by atoms with Gasteiger partial charge in [-0.25, -0.2) is 4.39 Å². The number of halogens is 1. The fraction of sp³-hybridized carbons (Fsp3) is 0.400. The first-order valence-electron chi connectivity index (χ1n) is 6.52. The zero-order valence-electron chi connectivity index (χ0n) is 11.0. The fourth-order valence-electron chi connectivity index (χ4n) is 2.55. The molecule has 1 aromatic heterocycles. The van der Waals surface area contributed by atoms with Crippen molar-refractivity contribution in [3.8, 4) is 0 Å². The third-order valence-electron chi connectivity index (χ3n) is 3.67. The van der Waals surface area contributed by atoms with Gasteiger partial charge in [0.25, 0.3) is 0 Å². The summed E-state index contributed by atoms with van der Waals surface area (Å²) in [6.07, 6.45) is 2.19. The second-order valence-corrected chi connectivity index (χ2v) is 5.25. The number of hydrogen-bond acceptors (Lipinski definition) is 2. The van der Waals surface area contributed by atoms with Crippen LogP contribution >= 0.6 is 0 Å². The average molecular weight is 263 g/mol. The molecular formula is C15H18FNO2. The Labute approximate surface area is 112 Å². The van der Waals surface area contributed by atoms with Gasteiger partial charge in [0, 0.05) is 19.3 Å². The van der Waals surface area contributed by atoms with Gasteiger partial charge >= 0.3 is 0 Å². The Morgan fingerprint density at radius 3 is 2.89 bits per heavy atom. The fourth-order valence-corrected chi connectivity index (χ4v) is 2.55. The largest absolute Gasteiger partial charge is 0.459 e. The predicted octanol–water partition coefficient (Wildman–Crippen LogP) is 3.71. The molecule has 3 rings (SSSR count). The Kier molecular flexibility index (Phi) is 2.81. The third kappa shape index (κ3) is 2.23. The maximum absolute atomic E-state index is 13.3. The number of hydrogen-bond donors (Lipinski definition) is 1. The Hall–Kier alpha value is -1.84. The number of furan rings is 1. The Bertz CT molecular complexity index is 649. The predicted molar refractivity (Wildman–Crippen MR) is 72.3 cm³/mol. The Morgan fingerprint density at radius 2 is 2.26 bits per heavy atom. The SMILES string of the molecule is CC(=O)N[C@@H](c1oc2ccc(F)cc2c1C)C1CC1.[HH]. The molecular weight excluding hydrogens is 245 g/mol. The molecule has 0 unspecified atom stereocenters. The van der Waals surface area contributed by atoms with Crippen molar-refractivity contribution in [1.29, 1.82) is 0 Å². The van der Waals surface area contributed by atoms with Crippen LogP contribution in [0.3, 0.4) is 0 Å². The number of carbonyl (C=O) groups is 1. The quantitative estimate of drug-likeness (QED) is 0.917. The molecule has 0 bridgehead atoms. The molecule has 1 heterocycles. The summed E-state index contributed by atoms with van der Waals surface area (Å²) in [6, 6.07) is 4.42. The molecule has 1 aromatic carbocycles. The zero-order valence-corrected chi connectivity index (χ0v) is 11.0. The summed E-state index contributed by atoms with van der Waals surface area (Å²) in [6.45, 7) is 3.42. The summed E-state index contributed by atoms with van der Waals surface area (Å²) < 4.78 is 19.1. The molecule has 19 heavy (non-hydrogen) atoms. The van der Waals surface area contributed by atoms with Gasteiger partial charge in [-0.2, -0.15) is 0 Å². The van der Waals surface area contributed by atoms with Crippen LogP contribution in [0.4, 0.5) is 4.39 Å². The van der Waals surface area contributed by atoms with E-state index in [0.29, 0.717) is 11.5 Å². The molecule has 2 aromatic rings. The van der Waals surface area contributed by atoms with Crippen LogP contribution in [-0.4, -0.2) is 5.91 Å². The van der Waals surface area contributed by atoms with E-state index in [4.69, 9.17) is 4.42 Å².